The highest BCUT2D eigenvalue weighted by Crippen LogP contribution is 2.35. The highest BCUT2D eigenvalue weighted by atomic mass is 16.6. The molecule has 1 aliphatic rings. The van der Waals surface area contributed by atoms with Crippen LogP contribution in [0.2, 0.25) is 0 Å². The van der Waals surface area contributed by atoms with Gasteiger partial charge in [0.2, 0.25) is 5.91 Å². The zero-order valence-electron chi connectivity index (χ0n) is 25.3. The molecule has 0 aliphatic heterocycles. The number of nitrogens with one attached hydrogen (secondary N) is 2. The fourth-order valence-corrected chi connectivity index (χ4v) is 5.47. The molecule has 1 aliphatic carbocycles. The number of nitrogens with zero attached hydrogens (tertiary/aromatic N) is 1. The van der Waals surface area contributed by atoms with Crippen molar-refractivity contribution in [2.75, 3.05) is 5.32 Å². The van der Waals surface area contributed by atoms with E-state index in [4.69, 9.17) is 4.74 Å². The lowest BCUT2D eigenvalue weighted by Gasteiger charge is -2.43. The van der Waals surface area contributed by atoms with Crippen molar-refractivity contribution in [3.05, 3.63) is 108 Å². The Hall–Kier alpha value is -4.85. The predicted octanol–water partition coefficient (Wildman–Crippen LogP) is 6.74. The number of benzene rings is 4. The first-order chi connectivity index (χ1) is 21.1. The molecule has 5 rings (SSSR count). The molecular formula is C36H39N3O5. The molecule has 0 saturated heterocycles. The van der Waals surface area contributed by atoms with Gasteiger partial charge in [-0.15, -0.1) is 0 Å². The van der Waals surface area contributed by atoms with E-state index in [1.807, 2.05) is 72.8 Å². The Bertz CT molecular complexity index is 1630. The topological polar surface area (TPSA) is 108 Å². The molecule has 4 aromatic rings. The van der Waals surface area contributed by atoms with Crippen molar-refractivity contribution in [2.24, 2.45) is 0 Å². The molecule has 0 heterocycles. The van der Waals surface area contributed by atoms with Crippen LogP contribution in [0.4, 0.5) is 10.5 Å². The number of fused-ring (bicyclic) bond motifs is 1. The maximum Gasteiger partial charge on any atom is 0.408 e. The van der Waals surface area contributed by atoms with E-state index in [0.717, 1.165) is 35.6 Å². The van der Waals surface area contributed by atoms with Crippen LogP contribution in [0.3, 0.4) is 0 Å². The number of hydrogen-bond donors (Lipinski definition) is 3. The third-order valence-corrected chi connectivity index (χ3v) is 7.72. The molecule has 8 nitrogen and oxygen atoms in total. The van der Waals surface area contributed by atoms with E-state index in [-0.39, 0.29) is 18.2 Å². The second-order valence-corrected chi connectivity index (χ2v) is 12.3. The van der Waals surface area contributed by atoms with Gasteiger partial charge in [0.1, 0.15) is 23.4 Å². The first-order valence-corrected chi connectivity index (χ1v) is 15.0. The largest absolute Gasteiger partial charge is 0.508 e. The number of rotatable bonds is 9. The summed E-state index contributed by atoms with van der Waals surface area (Å²) in [6.07, 6.45) is 1.84. The van der Waals surface area contributed by atoms with Gasteiger partial charge >= 0.3 is 6.09 Å². The summed E-state index contributed by atoms with van der Waals surface area (Å²) in [5, 5.41) is 18.2. The molecule has 2 atom stereocenters. The number of hydrogen-bond acceptors (Lipinski definition) is 5. The number of ether oxygens (including phenoxy) is 1. The number of aromatic hydroxyl groups is 1. The van der Waals surface area contributed by atoms with Crippen molar-refractivity contribution >= 4 is 34.4 Å². The molecule has 3 amide bonds. The molecule has 0 spiro atoms. The SMILES string of the molecule is CC(C)(C)OC(=O)NC(Cc1ccccc1)C(=O)N(C1CCC1)C(C(=O)Nc1ccc2ccccc2c1)c1cccc(O)c1. The molecule has 0 bridgehead atoms. The number of carbonyl (C=O) groups is 3. The summed E-state index contributed by atoms with van der Waals surface area (Å²) >= 11 is 0. The van der Waals surface area contributed by atoms with Gasteiger partial charge in [0.05, 0.1) is 0 Å². The summed E-state index contributed by atoms with van der Waals surface area (Å²) in [5.41, 5.74) is 1.15. The van der Waals surface area contributed by atoms with E-state index in [2.05, 4.69) is 10.6 Å². The predicted molar refractivity (Wildman–Crippen MR) is 171 cm³/mol. The van der Waals surface area contributed by atoms with Crippen LogP contribution >= 0.6 is 0 Å². The molecule has 4 aromatic carbocycles. The number of alkyl carbamates (subject to hydrolysis) is 1. The molecule has 8 heteroatoms. The Labute approximate surface area is 258 Å². The average molecular weight is 594 g/mol. The van der Waals surface area contributed by atoms with Gasteiger partial charge in [-0.3, -0.25) is 9.59 Å². The second kappa shape index (κ2) is 13.2. The van der Waals surface area contributed by atoms with Crippen molar-refractivity contribution < 1.29 is 24.2 Å². The van der Waals surface area contributed by atoms with Crippen LogP contribution in [0.5, 0.6) is 5.75 Å². The van der Waals surface area contributed by atoms with Gasteiger partial charge in [0, 0.05) is 18.2 Å². The van der Waals surface area contributed by atoms with Gasteiger partial charge in [-0.05, 0) is 86.2 Å². The quantitative estimate of drug-likeness (QED) is 0.199. The third kappa shape index (κ3) is 7.56. The van der Waals surface area contributed by atoms with E-state index in [1.165, 1.54) is 12.1 Å². The molecule has 228 valence electrons. The van der Waals surface area contributed by atoms with Crippen LogP contribution in [0, 0.1) is 0 Å². The number of anilines is 1. The van der Waals surface area contributed by atoms with Crippen molar-refractivity contribution in [1.29, 1.82) is 0 Å². The van der Waals surface area contributed by atoms with Gasteiger partial charge in [0.25, 0.3) is 5.91 Å². The van der Waals surface area contributed by atoms with E-state index in [1.54, 1.807) is 37.8 Å². The lowest BCUT2D eigenvalue weighted by Crippen LogP contribution is -2.57. The van der Waals surface area contributed by atoms with Gasteiger partial charge < -0.3 is 25.4 Å². The van der Waals surface area contributed by atoms with Crippen LogP contribution in [-0.4, -0.2) is 45.6 Å². The minimum absolute atomic E-state index is 0.0141. The van der Waals surface area contributed by atoms with Crippen LogP contribution in [0.1, 0.15) is 57.2 Å². The summed E-state index contributed by atoms with van der Waals surface area (Å²) in [7, 11) is 0. The summed E-state index contributed by atoms with van der Waals surface area (Å²) in [6, 6.07) is 27.1. The Morgan fingerprint density at radius 3 is 2.25 bits per heavy atom. The summed E-state index contributed by atoms with van der Waals surface area (Å²) < 4.78 is 5.53. The smallest absolute Gasteiger partial charge is 0.408 e. The molecule has 2 unspecified atom stereocenters. The normalized spacial score (nSPS) is 14.6. The molecule has 1 saturated carbocycles. The van der Waals surface area contributed by atoms with E-state index >= 15 is 0 Å². The molecule has 3 N–H and O–H groups in total. The molecular weight excluding hydrogens is 554 g/mol. The van der Waals surface area contributed by atoms with Gasteiger partial charge in [-0.1, -0.05) is 72.8 Å². The Morgan fingerprint density at radius 1 is 0.886 bits per heavy atom. The van der Waals surface area contributed by atoms with E-state index in [0.29, 0.717) is 11.3 Å². The fourth-order valence-electron chi connectivity index (χ4n) is 5.47. The highest BCUT2D eigenvalue weighted by molar-refractivity contribution is 6.00. The number of phenolic OH excluding ortho intramolecular Hbond substituents is 1. The maximum atomic E-state index is 14.6. The molecule has 44 heavy (non-hydrogen) atoms. The zero-order chi connectivity index (χ0) is 31.3. The zero-order valence-corrected chi connectivity index (χ0v) is 25.3. The number of amides is 3. The van der Waals surface area contributed by atoms with Crippen LogP contribution in [0.15, 0.2) is 97.1 Å². The van der Waals surface area contributed by atoms with Gasteiger partial charge in [-0.25, -0.2) is 4.79 Å². The van der Waals surface area contributed by atoms with Crippen LogP contribution in [0.25, 0.3) is 10.8 Å². The summed E-state index contributed by atoms with van der Waals surface area (Å²) in [5.74, 6) is -0.826. The second-order valence-electron chi connectivity index (χ2n) is 12.3. The lowest BCUT2D eigenvalue weighted by molar-refractivity contribution is -0.145. The van der Waals surface area contributed by atoms with Crippen molar-refractivity contribution in [1.82, 2.24) is 10.2 Å². The highest BCUT2D eigenvalue weighted by Gasteiger charge is 2.42. The summed E-state index contributed by atoms with van der Waals surface area (Å²) in [4.78, 5) is 43.5. The van der Waals surface area contributed by atoms with Gasteiger partial charge in [0.15, 0.2) is 0 Å². The lowest BCUT2D eigenvalue weighted by atomic mass is 9.87. The van der Waals surface area contributed by atoms with Crippen molar-refractivity contribution in [2.45, 2.75) is 70.2 Å². The van der Waals surface area contributed by atoms with Gasteiger partial charge in [-0.2, -0.15) is 0 Å². The Kier molecular flexibility index (Phi) is 9.18. The number of carbonyl (C=O) groups excluding carboxylic acids is 3. The van der Waals surface area contributed by atoms with Crippen LogP contribution < -0.4 is 10.6 Å². The number of phenols is 1. The third-order valence-electron chi connectivity index (χ3n) is 7.72. The van der Waals surface area contributed by atoms with Crippen molar-refractivity contribution in [3.63, 3.8) is 0 Å². The minimum atomic E-state index is -1.06. The summed E-state index contributed by atoms with van der Waals surface area (Å²) in [6.45, 7) is 5.28. The first-order valence-electron chi connectivity index (χ1n) is 15.0. The Balaban J connectivity index is 1.53. The fraction of sp³-hybridized carbons (Fsp3) is 0.306. The standard InChI is InChI=1S/C36H39N3O5/c1-36(2,3)44-35(43)38-31(21-24-11-5-4-6-12-24)34(42)39(29-16-10-17-29)32(27-15-9-18-30(40)23-27)33(41)37-28-20-19-25-13-7-8-14-26(25)22-28/h4-9,11-15,18-20,22-23,29,31-32,40H,10,16-17,21H2,1-3H3,(H,37,41)(H,38,43). The van der Waals surface area contributed by atoms with E-state index in [9.17, 15) is 19.5 Å². The molecule has 0 radical (unpaired) electrons. The minimum Gasteiger partial charge on any atom is -0.508 e. The maximum absolute atomic E-state index is 14.6. The first kappa shape index (κ1) is 30.6. The van der Waals surface area contributed by atoms with Crippen molar-refractivity contribution in [3.8, 4) is 5.75 Å². The van der Waals surface area contributed by atoms with E-state index < -0.39 is 35.6 Å². The Morgan fingerprint density at radius 2 is 1.59 bits per heavy atom. The molecule has 1 fully saturated rings. The van der Waals surface area contributed by atoms with Crippen LogP contribution in [-0.2, 0) is 20.7 Å². The monoisotopic (exact) mass is 593 g/mol. The molecule has 0 aromatic heterocycles. The average Bonchev–Trinajstić information content (AvgIpc) is 2.95.